The van der Waals surface area contributed by atoms with E-state index in [0.29, 0.717) is 25.1 Å². The van der Waals surface area contributed by atoms with Crippen LogP contribution in [0, 0.1) is 13.8 Å². The minimum absolute atomic E-state index is 0.127. The van der Waals surface area contributed by atoms with Gasteiger partial charge in [0.05, 0.1) is 0 Å². The van der Waals surface area contributed by atoms with Crippen molar-refractivity contribution in [3.63, 3.8) is 0 Å². The Balaban J connectivity index is 1.87. The molecule has 2 rings (SSSR count). The van der Waals surface area contributed by atoms with E-state index < -0.39 is 5.97 Å². The van der Waals surface area contributed by atoms with Gasteiger partial charge in [-0.2, -0.15) is 0 Å². The van der Waals surface area contributed by atoms with Crippen LogP contribution >= 0.6 is 0 Å². The van der Waals surface area contributed by atoms with Crippen LogP contribution in [0.15, 0.2) is 36.7 Å². The zero-order chi connectivity index (χ0) is 19.6. The third-order valence-corrected chi connectivity index (χ3v) is 4.18. The molecule has 1 amide bonds. The van der Waals surface area contributed by atoms with E-state index in [1.807, 2.05) is 38.1 Å². The fourth-order valence-electron chi connectivity index (χ4n) is 2.83. The third kappa shape index (κ3) is 6.73. The summed E-state index contributed by atoms with van der Waals surface area (Å²) < 4.78 is 5.91. The maximum Gasteiger partial charge on any atom is 0.303 e. The van der Waals surface area contributed by atoms with Crippen LogP contribution in [0.1, 0.15) is 52.7 Å². The number of nitrogens with zero attached hydrogens (tertiary/aromatic N) is 1. The lowest BCUT2D eigenvalue weighted by Crippen LogP contribution is -2.24. The Bertz CT molecular complexity index is 752. The van der Waals surface area contributed by atoms with Gasteiger partial charge in [0.1, 0.15) is 12.4 Å². The highest BCUT2D eigenvalue weighted by Crippen LogP contribution is 2.25. The van der Waals surface area contributed by atoms with Crippen LogP contribution in [0.5, 0.6) is 5.75 Å². The molecule has 2 aromatic rings. The van der Waals surface area contributed by atoms with Crippen LogP contribution in [-0.4, -0.2) is 28.5 Å². The molecule has 6 nitrogen and oxygen atoms in total. The van der Waals surface area contributed by atoms with Crippen molar-refractivity contribution < 1.29 is 19.4 Å². The van der Waals surface area contributed by atoms with Crippen molar-refractivity contribution in [2.24, 2.45) is 0 Å². The number of carboxylic acids is 1. The van der Waals surface area contributed by atoms with Gasteiger partial charge in [-0.3, -0.25) is 14.6 Å². The van der Waals surface area contributed by atoms with Gasteiger partial charge in [-0.15, -0.1) is 0 Å². The molecular weight excluding hydrogens is 344 g/mol. The molecule has 0 aliphatic carbocycles. The van der Waals surface area contributed by atoms with Gasteiger partial charge in [-0.25, -0.2) is 0 Å². The summed E-state index contributed by atoms with van der Waals surface area (Å²) in [5.74, 6) is -0.127. The quantitative estimate of drug-likeness (QED) is 0.623. The van der Waals surface area contributed by atoms with E-state index in [1.165, 1.54) is 0 Å². The first-order chi connectivity index (χ1) is 13.0. The predicted molar refractivity (Wildman–Crippen MR) is 103 cm³/mol. The molecule has 6 heteroatoms. The average molecular weight is 370 g/mol. The van der Waals surface area contributed by atoms with E-state index in [2.05, 4.69) is 10.3 Å². The van der Waals surface area contributed by atoms with Gasteiger partial charge in [0, 0.05) is 36.5 Å². The van der Waals surface area contributed by atoms with Crippen molar-refractivity contribution in [3.05, 3.63) is 58.9 Å². The van der Waals surface area contributed by atoms with Gasteiger partial charge in [-0.1, -0.05) is 12.5 Å². The highest BCUT2D eigenvalue weighted by atomic mass is 16.5. The summed E-state index contributed by atoms with van der Waals surface area (Å²) in [7, 11) is 0. The van der Waals surface area contributed by atoms with E-state index in [9.17, 15) is 9.59 Å². The number of unbranched alkanes of at least 4 members (excludes halogenated alkanes) is 2. The second-order valence-corrected chi connectivity index (χ2v) is 6.55. The van der Waals surface area contributed by atoms with Gasteiger partial charge in [0.25, 0.3) is 5.91 Å². The summed E-state index contributed by atoms with van der Waals surface area (Å²) >= 11 is 0. The number of nitrogens with one attached hydrogen (secondary N) is 1. The molecule has 0 bridgehead atoms. The number of carboxylic acid groups (broad SMARTS) is 1. The first-order valence-electron chi connectivity index (χ1n) is 9.10. The largest absolute Gasteiger partial charge is 0.488 e. The van der Waals surface area contributed by atoms with Crippen molar-refractivity contribution in [2.45, 2.75) is 46.1 Å². The molecule has 1 aromatic carbocycles. The Morgan fingerprint density at radius 2 is 1.89 bits per heavy atom. The van der Waals surface area contributed by atoms with Crippen molar-refractivity contribution in [1.29, 1.82) is 0 Å². The zero-order valence-corrected chi connectivity index (χ0v) is 15.8. The van der Waals surface area contributed by atoms with E-state index in [0.717, 1.165) is 35.3 Å². The molecule has 0 saturated carbocycles. The molecule has 2 N–H and O–H groups in total. The van der Waals surface area contributed by atoms with E-state index in [4.69, 9.17) is 9.84 Å². The summed E-state index contributed by atoms with van der Waals surface area (Å²) in [4.78, 5) is 26.9. The summed E-state index contributed by atoms with van der Waals surface area (Å²) in [6, 6.07) is 7.47. The summed E-state index contributed by atoms with van der Waals surface area (Å²) in [5.41, 5.74) is 3.40. The average Bonchev–Trinajstić information content (AvgIpc) is 2.64. The van der Waals surface area contributed by atoms with Crippen molar-refractivity contribution >= 4 is 11.9 Å². The number of aromatic nitrogens is 1. The molecule has 0 fully saturated rings. The molecule has 0 spiro atoms. The van der Waals surface area contributed by atoms with Crippen LogP contribution in [0.25, 0.3) is 0 Å². The number of hydrogen-bond acceptors (Lipinski definition) is 4. The SMILES string of the molecule is Cc1cc(C(=O)NCCCCCC(=O)O)cc(C)c1OCc1cccnc1. The number of hydrogen-bond donors (Lipinski definition) is 2. The monoisotopic (exact) mass is 370 g/mol. The maximum absolute atomic E-state index is 12.3. The molecular formula is C21H26N2O4. The molecule has 0 saturated heterocycles. The molecule has 0 unspecified atom stereocenters. The highest BCUT2D eigenvalue weighted by Gasteiger charge is 2.12. The minimum atomic E-state index is -0.782. The second-order valence-electron chi connectivity index (χ2n) is 6.55. The Labute approximate surface area is 159 Å². The standard InChI is InChI=1S/C21H26N2O4/c1-15-11-18(21(26)23-10-5-3-4-8-19(24)25)12-16(2)20(15)27-14-17-7-6-9-22-13-17/h6-7,9,11-13H,3-5,8,10,14H2,1-2H3,(H,23,26)(H,24,25). The molecule has 1 heterocycles. The summed E-state index contributed by atoms with van der Waals surface area (Å²) in [5, 5.41) is 11.5. The first kappa shape index (κ1) is 20.4. The number of amides is 1. The maximum atomic E-state index is 12.3. The van der Waals surface area contributed by atoms with E-state index in [1.54, 1.807) is 12.4 Å². The van der Waals surface area contributed by atoms with Gasteiger partial charge in [0.15, 0.2) is 0 Å². The molecule has 144 valence electrons. The molecule has 1 aromatic heterocycles. The van der Waals surface area contributed by atoms with Crippen molar-refractivity contribution in [1.82, 2.24) is 10.3 Å². The van der Waals surface area contributed by atoms with Gasteiger partial charge >= 0.3 is 5.97 Å². The lowest BCUT2D eigenvalue weighted by atomic mass is 10.0. The second kappa shape index (κ2) is 10.3. The Hall–Kier alpha value is -2.89. The minimum Gasteiger partial charge on any atom is -0.488 e. The van der Waals surface area contributed by atoms with Crippen molar-refractivity contribution in [2.75, 3.05) is 6.54 Å². The molecule has 0 aliphatic rings. The number of carbonyl (C=O) groups excluding carboxylic acids is 1. The number of ether oxygens (including phenoxy) is 1. The molecule has 0 aliphatic heterocycles. The number of aryl methyl sites for hydroxylation is 2. The number of benzene rings is 1. The predicted octanol–water partition coefficient (Wildman–Crippen LogP) is 3.65. The first-order valence-corrected chi connectivity index (χ1v) is 9.10. The highest BCUT2D eigenvalue weighted by molar-refractivity contribution is 5.94. The third-order valence-electron chi connectivity index (χ3n) is 4.18. The van der Waals surface area contributed by atoms with Crippen LogP contribution in [0.3, 0.4) is 0 Å². The lowest BCUT2D eigenvalue weighted by molar-refractivity contribution is -0.137. The van der Waals surface area contributed by atoms with E-state index >= 15 is 0 Å². The topological polar surface area (TPSA) is 88.5 Å². The summed E-state index contributed by atoms with van der Waals surface area (Å²) in [6.45, 7) is 4.82. The molecule has 0 atom stereocenters. The van der Waals surface area contributed by atoms with Crippen LogP contribution < -0.4 is 10.1 Å². The fraction of sp³-hybridized carbons (Fsp3) is 0.381. The molecule has 27 heavy (non-hydrogen) atoms. The summed E-state index contributed by atoms with van der Waals surface area (Å²) in [6.07, 6.45) is 5.84. The van der Waals surface area contributed by atoms with E-state index in [-0.39, 0.29) is 12.3 Å². The van der Waals surface area contributed by atoms with Crippen LogP contribution in [0.2, 0.25) is 0 Å². The Morgan fingerprint density at radius 1 is 1.15 bits per heavy atom. The Morgan fingerprint density at radius 3 is 2.52 bits per heavy atom. The number of aliphatic carboxylic acids is 1. The van der Waals surface area contributed by atoms with Crippen LogP contribution in [0.4, 0.5) is 0 Å². The van der Waals surface area contributed by atoms with Gasteiger partial charge in [-0.05, 0) is 56.0 Å². The zero-order valence-electron chi connectivity index (χ0n) is 15.8. The van der Waals surface area contributed by atoms with Crippen molar-refractivity contribution in [3.8, 4) is 5.75 Å². The normalized spacial score (nSPS) is 10.4. The number of rotatable bonds is 10. The number of carbonyl (C=O) groups is 2. The van der Waals surface area contributed by atoms with Crippen LogP contribution in [-0.2, 0) is 11.4 Å². The lowest BCUT2D eigenvalue weighted by Gasteiger charge is -2.14. The smallest absolute Gasteiger partial charge is 0.303 e. The molecule has 0 radical (unpaired) electrons. The van der Waals surface area contributed by atoms with Gasteiger partial charge < -0.3 is 15.2 Å². The Kier molecular flexibility index (Phi) is 7.79. The number of pyridine rings is 1. The van der Waals surface area contributed by atoms with Gasteiger partial charge in [0.2, 0.25) is 0 Å². The fourth-order valence-corrected chi connectivity index (χ4v) is 2.83.